The number of esters is 1. The molecule has 1 fully saturated rings. The van der Waals surface area contributed by atoms with E-state index in [0.717, 1.165) is 12.8 Å². The minimum Gasteiger partial charge on any atom is -0.460 e. The second-order valence-corrected chi connectivity index (χ2v) is 6.76. The molecule has 110 valence electrons. The Morgan fingerprint density at radius 1 is 1.11 bits per heavy atom. The van der Waals surface area contributed by atoms with Crippen LogP contribution in [0.4, 0.5) is 0 Å². The molecule has 1 amide bonds. The third-order valence-electron chi connectivity index (χ3n) is 3.37. The number of ether oxygens (including phenoxy) is 1. The summed E-state index contributed by atoms with van der Waals surface area (Å²) in [7, 11) is 0. The van der Waals surface area contributed by atoms with E-state index >= 15 is 0 Å². The van der Waals surface area contributed by atoms with Crippen molar-refractivity contribution in [1.82, 2.24) is 5.32 Å². The molecule has 0 unspecified atom stereocenters. The van der Waals surface area contributed by atoms with E-state index in [1.807, 2.05) is 20.8 Å². The number of carbonyl (C=O) groups is 2. The van der Waals surface area contributed by atoms with Gasteiger partial charge in [-0.3, -0.25) is 9.59 Å². The highest BCUT2D eigenvalue weighted by Crippen LogP contribution is 2.27. The number of rotatable bonds is 4. The topological polar surface area (TPSA) is 55.4 Å². The molecule has 4 heteroatoms. The molecule has 1 rings (SSSR count). The van der Waals surface area contributed by atoms with Gasteiger partial charge in [0.15, 0.2) is 0 Å². The second kappa shape index (κ2) is 6.40. The lowest BCUT2D eigenvalue weighted by Crippen LogP contribution is -2.47. The molecule has 0 atom stereocenters. The van der Waals surface area contributed by atoms with Gasteiger partial charge in [-0.05, 0) is 40.5 Å². The summed E-state index contributed by atoms with van der Waals surface area (Å²) in [5, 5.41) is 3.07. The van der Waals surface area contributed by atoms with Crippen LogP contribution in [0.3, 0.4) is 0 Å². The number of nitrogens with one attached hydrogen (secondary N) is 1. The fourth-order valence-electron chi connectivity index (χ4n) is 2.46. The Morgan fingerprint density at radius 3 is 2.21 bits per heavy atom. The zero-order valence-electron chi connectivity index (χ0n) is 12.7. The Hall–Kier alpha value is -1.06. The zero-order valence-corrected chi connectivity index (χ0v) is 12.7. The van der Waals surface area contributed by atoms with Gasteiger partial charge in [0.2, 0.25) is 5.91 Å². The standard InChI is InChI=1S/C15H27NO3/c1-14(2,3)19-13(18)9-8-12(17)16-15(4)10-6-5-7-11-15/h5-11H2,1-4H3,(H,16,17). The predicted octanol–water partition coefficient (Wildman–Crippen LogP) is 2.95. The lowest BCUT2D eigenvalue weighted by molar-refractivity contribution is -0.155. The van der Waals surface area contributed by atoms with E-state index in [4.69, 9.17) is 4.74 Å². The summed E-state index contributed by atoms with van der Waals surface area (Å²) >= 11 is 0. The van der Waals surface area contributed by atoms with Crippen molar-refractivity contribution < 1.29 is 14.3 Å². The Bertz CT molecular complexity index is 325. The van der Waals surface area contributed by atoms with E-state index in [-0.39, 0.29) is 30.3 Å². The lowest BCUT2D eigenvalue weighted by Gasteiger charge is -2.34. The van der Waals surface area contributed by atoms with Crippen molar-refractivity contribution in [2.75, 3.05) is 0 Å². The molecule has 1 N–H and O–H groups in total. The first-order valence-corrected chi connectivity index (χ1v) is 7.23. The van der Waals surface area contributed by atoms with E-state index in [1.165, 1.54) is 19.3 Å². The average Bonchev–Trinajstić information content (AvgIpc) is 2.24. The fraction of sp³-hybridized carbons (Fsp3) is 0.867. The summed E-state index contributed by atoms with van der Waals surface area (Å²) in [5.74, 6) is -0.355. The first kappa shape index (κ1) is 16.0. The molecule has 0 spiro atoms. The van der Waals surface area contributed by atoms with Gasteiger partial charge in [0.25, 0.3) is 0 Å². The SMILES string of the molecule is CC1(NC(=O)CCC(=O)OC(C)(C)C)CCCCC1. The van der Waals surface area contributed by atoms with Crippen LogP contribution in [0.25, 0.3) is 0 Å². The highest BCUT2D eigenvalue weighted by molar-refractivity contribution is 5.81. The highest BCUT2D eigenvalue weighted by atomic mass is 16.6. The Kier molecular flexibility index (Phi) is 5.39. The van der Waals surface area contributed by atoms with Crippen LogP contribution in [0.15, 0.2) is 0 Å². The van der Waals surface area contributed by atoms with Crippen molar-refractivity contribution in [1.29, 1.82) is 0 Å². The Morgan fingerprint density at radius 2 is 1.68 bits per heavy atom. The van der Waals surface area contributed by atoms with Gasteiger partial charge < -0.3 is 10.1 Å². The molecule has 0 bridgehead atoms. The molecule has 1 saturated carbocycles. The molecule has 0 aliphatic heterocycles. The van der Waals surface area contributed by atoms with Gasteiger partial charge in [0.1, 0.15) is 5.60 Å². The third-order valence-corrected chi connectivity index (χ3v) is 3.37. The maximum absolute atomic E-state index is 11.9. The molecule has 0 radical (unpaired) electrons. The van der Waals surface area contributed by atoms with E-state index in [2.05, 4.69) is 12.2 Å². The smallest absolute Gasteiger partial charge is 0.306 e. The van der Waals surface area contributed by atoms with Gasteiger partial charge in [-0.1, -0.05) is 19.3 Å². The summed E-state index contributed by atoms with van der Waals surface area (Å²) in [6, 6.07) is 0. The van der Waals surface area contributed by atoms with Crippen LogP contribution in [0.1, 0.15) is 72.6 Å². The number of hydrogen-bond donors (Lipinski definition) is 1. The Labute approximate surface area is 116 Å². The normalized spacial score (nSPS) is 18.7. The maximum Gasteiger partial charge on any atom is 0.306 e. The second-order valence-electron chi connectivity index (χ2n) is 6.76. The van der Waals surface area contributed by atoms with Gasteiger partial charge in [-0.15, -0.1) is 0 Å². The molecule has 4 nitrogen and oxygen atoms in total. The van der Waals surface area contributed by atoms with Crippen LogP contribution < -0.4 is 5.32 Å². The molecule has 0 aromatic rings. The number of hydrogen-bond acceptors (Lipinski definition) is 3. The van der Waals surface area contributed by atoms with E-state index in [0.29, 0.717) is 0 Å². The molecule has 0 aromatic heterocycles. The molecule has 0 heterocycles. The van der Waals surface area contributed by atoms with E-state index < -0.39 is 5.60 Å². The van der Waals surface area contributed by atoms with Gasteiger partial charge in [0.05, 0.1) is 6.42 Å². The van der Waals surface area contributed by atoms with Crippen molar-refractivity contribution >= 4 is 11.9 Å². The van der Waals surface area contributed by atoms with Crippen LogP contribution >= 0.6 is 0 Å². The number of carbonyl (C=O) groups excluding carboxylic acids is 2. The first-order valence-electron chi connectivity index (χ1n) is 7.23. The van der Waals surface area contributed by atoms with Crippen molar-refractivity contribution in [2.24, 2.45) is 0 Å². The zero-order chi connectivity index (χ0) is 14.5. The minimum absolute atomic E-state index is 0.0461. The molecule has 19 heavy (non-hydrogen) atoms. The molecule has 1 aliphatic carbocycles. The lowest BCUT2D eigenvalue weighted by atomic mass is 9.83. The Balaban J connectivity index is 2.29. The molecular weight excluding hydrogens is 242 g/mol. The quantitative estimate of drug-likeness (QED) is 0.798. The number of amides is 1. The van der Waals surface area contributed by atoms with Gasteiger partial charge >= 0.3 is 5.97 Å². The van der Waals surface area contributed by atoms with Crippen LogP contribution in [0.5, 0.6) is 0 Å². The van der Waals surface area contributed by atoms with E-state index in [1.54, 1.807) is 0 Å². The van der Waals surface area contributed by atoms with Crippen molar-refractivity contribution in [3.63, 3.8) is 0 Å². The first-order chi connectivity index (χ1) is 8.70. The van der Waals surface area contributed by atoms with Gasteiger partial charge in [-0.2, -0.15) is 0 Å². The van der Waals surface area contributed by atoms with Crippen LogP contribution in [0, 0.1) is 0 Å². The monoisotopic (exact) mass is 269 g/mol. The van der Waals surface area contributed by atoms with Crippen LogP contribution in [0.2, 0.25) is 0 Å². The minimum atomic E-state index is -0.483. The fourth-order valence-corrected chi connectivity index (χ4v) is 2.46. The predicted molar refractivity (Wildman–Crippen MR) is 74.7 cm³/mol. The van der Waals surface area contributed by atoms with Crippen LogP contribution in [-0.4, -0.2) is 23.0 Å². The van der Waals surface area contributed by atoms with Gasteiger partial charge in [0, 0.05) is 12.0 Å². The maximum atomic E-state index is 11.9. The van der Waals surface area contributed by atoms with Crippen molar-refractivity contribution in [3.8, 4) is 0 Å². The summed E-state index contributed by atoms with van der Waals surface area (Å²) in [6.45, 7) is 7.58. The van der Waals surface area contributed by atoms with Gasteiger partial charge in [-0.25, -0.2) is 0 Å². The summed E-state index contributed by atoms with van der Waals surface area (Å²) in [4.78, 5) is 23.4. The largest absolute Gasteiger partial charge is 0.460 e. The molecule has 1 aliphatic rings. The summed E-state index contributed by atoms with van der Waals surface area (Å²) in [6.07, 6.45) is 6.02. The average molecular weight is 269 g/mol. The van der Waals surface area contributed by atoms with E-state index in [9.17, 15) is 9.59 Å². The van der Waals surface area contributed by atoms with Crippen LogP contribution in [-0.2, 0) is 14.3 Å². The summed E-state index contributed by atoms with van der Waals surface area (Å²) < 4.78 is 5.18. The molecule has 0 saturated heterocycles. The highest BCUT2D eigenvalue weighted by Gasteiger charge is 2.28. The molecule has 0 aromatic carbocycles. The van der Waals surface area contributed by atoms with Crippen molar-refractivity contribution in [2.45, 2.75) is 83.8 Å². The molecular formula is C15H27NO3. The summed E-state index contributed by atoms with van der Waals surface area (Å²) in [5.41, 5.74) is -0.563. The third kappa shape index (κ3) is 6.60. The van der Waals surface area contributed by atoms with Crippen molar-refractivity contribution in [3.05, 3.63) is 0 Å².